The molecule has 0 spiro atoms. The second-order valence-corrected chi connectivity index (χ2v) is 7.51. The first-order valence-corrected chi connectivity index (χ1v) is 8.32. The minimum Gasteiger partial charge on any atom is -0.488 e. The third kappa shape index (κ3) is 5.52. The van der Waals surface area contributed by atoms with Crippen LogP contribution in [0.2, 0.25) is 0 Å². The molecule has 1 heterocycles. The Kier molecular flexibility index (Phi) is 5.43. The normalized spacial score (nSPS) is 11.6. The maximum absolute atomic E-state index is 5.88. The van der Waals surface area contributed by atoms with Crippen LogP contribution in [0.25, 0.3) is 0 Å². The minimum absolute atomic E-state index is 0.154. The van der Waals surface area contributed by atoms with Gasteiger partial charge in [-0.2, -0.15) is 0 Å². The van der Waals surface area contributed by atoms with E-state index in [1.165, 1.54) is 15.3 Å². The molecule has 0 saturated carbocycles. The van der Waals surface area contributed by atoms with Crippen molar-refractivity contribution in [2.45, 2.75) is 52.8 Å². The van der Waals surface area contributed by atoms with E-state index in [4.69, 9.17) is 4.74 Å². The van der Waals surface area contributed by atoms with Crippen molar-refractivity contribution in [3.63, 3.8) is 0 Å². The number of hydrogen-bond donors (Lipinski definition) is 1. The maximum atomic E-state index is 5.88. The Balaban J connectivity index is 1.87. The first kappa shape index (κ1) is 16.1. The quantitative estimate of drug-likeness (QED) is 0.829. The van der Waals surface area contributed by atoms with Gasteiger partial charge in [0.05, 0.1) is 0 Å². The number of thiophene rings is 1. The molecule has 0 radical (unpaired) electrons. The van der Waals surface area contributed by atoms with Crippen LogP contribution in [0.3, 0.4) is 0 Å². The van der Waals surface area contributed by atoms with Crippen LogP contribution < -0.4 is 10.1 Å². The van der Waals surface area contributed by atoms with Crippen molar-refractivity contribution in [2.75, 3.05) is 0 Å². The number of benzene rings is 1. The molecule has 0 fully saturated rings. The van der Waals surface area contributed by atoms with Crippen molar-refractivity contribution in [2.24, 2.45) is 0 Å². The second-order valence-electron chi connectivity index (χ2n) is 6.26. The van der Waals surface area contributed by atoms with Gasteiger partial charge in [0.15, 0.2) is 0 Å². The molecule has 2 rings (SSSR count). The molecular formula is C18H25NOS. The van der Waals surface area contributed by atoms with Gasteiger partial charge in [0.2, 0.25) is 0 Å². The van der Waals surface area contributed by atoms with Crippen LogP contribution in [0.15, 0.2) is 36.4 Å². The second kappa shape index (κ2) is 7.10. The van der Waals surface area contributed by atoms with Crippen LogP contribution in [0.1, 0.15) is 43.0 Å². The molecule has 0 amide bonds. The highest BCUT2D eigenvalue weighted by atomic mass is 32.1. The summed E-state index contributed by atoms with van der Waals surface area (Å²) in [4.78, 5) is 2.62. The number of aryl methyl sites for hydroxylation is 1. The van der Waals surface area contributed by atoms with Gasteiger partial charge < -0.3 is 10.1 Å². The smallest absolute Gasteiger partial charge is 0.122 e. The fourth-order valence-electron chi connectivity index (χ4n) is 1.96. The summed E-state index contributed by atoms with van der Waals surface area (Å²) >= 11 is 1.82. The van der Waals surface area contributed by atoms with Gasteiger partial charge in [-0.1, -0.05) is 19.1 Å². The molecular weight excluding hydrogens is 278 g/mol. The Morgan fingerprint density at radius 3 is 2.57 bits per heavy atom. The van der Waals surface area contributed by atoms with Crippen LogP contribution >= 0.6 is 11.3 Å². The molecule has 1 aromatic heterocycles. The van der Waals surface area contributed by atoms with Gasteiger partial charge in [-0.25, -0.2) is 0 Å². The molecule has 0 aliphatic carbocycles. The number of rotatable bonds is 6. The van der Waals surface area contributed by atoms with Crippen LogP contribution in [-0.2, 0) is 19.6 Å². The summed E-state index contributed by atoms with van der Waals surface area (Å²) in [7, 11) is 0. The number of hydrogen-bond acceptors (Lipinski definition) is 3. The third-order valence-corrected chi connectivity index (χ3v) is 4.26. The summed E-state index contributed by atoms with van der Waals surface area (Å²) in [5.74, 6) is 0.956. The molecule has 21 heavy (non-hydrogen) atoms. The predicted molar refractivity (Wildman–Crippen MR) is 91.1 cm³/mol. The Bertz CT molecular complexity index is 569. The van der Waals surface area contributed by atoms with E-state index in [1.807, 2.05) is 17.4 Å². The topological polar surface area (TPSA) is 21.3 Å². The maximum Gasteiger partial charge on any atom is 0.122 e. The lowest BCUT2D eigenvalue weighted by Gasteiger charge is -2.19. The van der Waals surface area contributed by atoms with Crippen molar-refractivity contribution in [1.29, 1.82) is 0 Å². The van der Waals surface area contributed by atoms with Gasteiger partial charge in [-0.05, 0) is 57.0 Å². The van der Waals surface area contributed by atoms with Gasteiger partial charge in [0.25, 0.3) is 0 Å². The molecule has 0 bridgehead atoms. The highest BCUT2D eigenvalue weighted by Crippen LogP contribution is 2.20. The van der Waals surface area contributed by atoms with Crippen LogP contribution in [-0.4, -0.2) is 5.54 Å². The Hall–Kier alpha value is -1.32. The highest BCUT2D eigenvalue weighted by molar-refractivity contribution is 7.11. The summed E-state index contributed by atoms with van der Waals surface area (Å²) in [5, 5.41) is 3.51. The lowest BCUT2D eigenvalue weighted by molar-refractivity contribution is 0.309. The van der Waals surface area contributed by atoms with Crippen LogP contribution in [0.5, 0.6) is 5.75 Å². The van der Waals surface area contributed by atoms with E-state index in [1.54, 1.807) is 0 Å². The minimum atomic E-state index is 0.154. The van der Waals surface area contributed by atoms with Crippen molar-refractivity contribution >= 4 is 11.3 Å². The molecule has 1 N–H and O–H groups in total. The predicted octanol–water partition coefficient (Wildman–Crippen LogP) is 4.78. The Morgan fingerprint density at radius 2 is 1.86 bits per heavy atom. The molecule has 0 aliphatic heterocycles. The van der Waals surface area contributed by atoms with E-state index in [0.717, 1.165) is 18.7 Å². The molecule has 2 nitrogen and oxygen atoms in total. The summed E-state index contributed by atoms with van der Waals surface area (Å²) < 4.78 is 5.88. The van der Waals surface area contributed by atoms with Gasteiger partial charge >= 0.3 is 0 Å². The van der Waals surface area contributed by atoms with Crippen LogP contribution in [0.4, 0.5) is 0 Å². The van der Waals surface area contributed by atoms with Crippen LogP contribution in [0, 0.1) is 0 Å². The fourth-order valence-corrected chi connectivity index (χ4v) is 2.83. The average Bonchev–Trinajstić information content (AvgIpc) is 2.90. The molecule has 2 aromatic rings. The summed E-state index contributed by atoms with van der Waals surface area (Å²) in [6.45, 7) is 10.3. The zero-order chi connectivity index (χ0) is 15.3. The molecule has 114 valence electrons. The number of nitrogens with one attached hydrogen (secondary N) is 1. The summed E-state index contributed by atoms with van der Waals surface area (Å²) in [6.07, 6.45) is 1.04. The van der Waals surface area contributed by atoms with E-state index in [-0.39, 0.29) is 5.54 Å². The van der Waals surface area contributed by atoms with E-state index in [0.29, 0.717) is 6.61 Å². The first-order valence-electron chi connectivity index (χ1n) is 7.50. The molecule has 0 aliphatic rings. The van der Waals surface area contributed by atoms with E-state index >= 15 is 0 Å². The lowest BCUT2D eigenvalue weighted by Crippen LogP contribution is -2.34. The van der Waals surface area contributed by atoms with Crippen molar-refractivity contribution in [3.8, 4) is 5.75 Å². The SMILES string of the molecule is CCc1cccc(OCc2ccc(CNC(C)(C)C)s2)c1. The summed E-state index contributed by atoms with van der Waals surface area (Å²) in [5.41, 5.74) is 1.47. The molecule has 0 saturated heterocycles. The first-order chi connectivity index (χ1) is 9.96. The van der Waals surface area contributed by atoms with Crippen molar-refractivity contribution in [3.05, 3.63) is 51.7 Å². The zero-order valence-electron chi connectivity index (χ0n) is 13.4. The lowest BCUT2D eigenvalue weighted by atomic mass is 10.1. The highest BCUT2D eigenvalue weighted by Gasteiger charge is 2.09. The van der Waals surface area contributed by atoms with Crippen molar-refractivity contribution < 1.29 is 4.74 Å². The molecule has 0 unspecified atom stereocenters. The van der Waals surface area contributed by atoms with E-state index in [2.05, 4.69) is 63.3 Å². The van der Waals surface area contributed by atoms with Gasteiger partial charge in [-0.3, -0.25) is 0 Å². The zero-order valence-corrected chi connectivity index (χ0v) is 14.2. The molecule has 1 aromatic carbocycles. The average molecular weight is 303 g/mol. The Morgan fingerprint density at radius 1 is 1.10 bits per heavy atom. The third-order valence-electron chi connectivity index (χ3n) is 3.20. The fraction of sp³-hybridized carbons (Fsp3) is 0.444. The Labute approximate surface area is 132 Å². The molecule has 3 heteroatoms. The van der Waals surface area contributed by atoms with E-state index < -0.39 is 0 Å². The largest absolute Gasteiger partial charge is 0.488 e. The van der Waals surface area contributed by atoms with Gasteiger partial charge in [-0.15, -0.1) is 11.3 Å². The molecule has 0 atom stereocenters. The monoisotopic (exact) mass is 303 g/mol. The summed E-state index contributed by atoms with van der Waals surface area (Å²) in [6, 6.07) is 12.7. The standard InChI is InChI=1S/C18H25NOS/c1-5-14-7-6-8-15(11-14)20-13-17-10-9-16(21-17)12-19-18(2,3)4/h6-11,19H,5,12-13H2,1-4H3. The van der Waals surface area contributed by atoms with Gasteiger partial charge in [0, 0.05) is 21.8 Å². The number of ether oxygens (including phenoxy) is 1. The van der Waals surface area contributed by atoms with Gasteiger partial charge in [0.1, 0.15) is 12.4 Å². The van der Waals surface area contributed by atoms with Crippen molar-refractivity contribution in [1.82, 2.24) is 5.32 Å². The van der Waals surface area contributed by atoms with E-state index in [9.17, 15) is 0 Å².